The monoisotopic (exact) mass is 440 g/mol. The molecule has 0 radical (unpaired) electrons. The van der Waals surface area contributed by atoms with Gasteiger partial charge in [-0.25, -0.2) is 22.5 Å². The molecule has 1 aromatic carbocycles. The highest BCUT2D eigenvalue weighted by Gasteiger charge is 2.42. The number of hydrogen-bond donors (Lipinski definition) is 1. The Morgan fingerprint density at radius 3 is 2.67 bits per heavy atom. The van der Waals surface area contributed by atoms with Crippen LogP contribution in [0.25, 0.3) is 11.0 Å². The zero-order valence-corrected chi connectivity index (χ0v) is 16.3. The average Bonchev–Trinajstić information content (AvgIpc) is 3.03. The van der Waals surface area contributed by atoms with Crippen LogP contribution in [0.1, 0.15) is 17.7 Å². The van der Waals surface area contributed by atoms with Crippen LogP contribution in [-0.4, -0.2) is 39.6 Å². The van der Waals surface area contributed by atoms with E-state index in [1.165, 1.54) is 10.8 Å². The molecule has 1 saturated heterocycles. The van der Waals surface area contributed by atoms with Crippen LogP contribution in [-0.2, 0) is 6.54 Å². The van der Waals surface area contributed by atoms with E-state index in [1.807, 2.05) is 6.07 Å². The molecule has 0 spiro atoms. The van der Waals surface area contributed by atoms with Crippen LogP contribution in [0.2, 0.25) is 0 Å². The molecule has 3 aromatic rings. The summed E-state index contributed by atoms with van der Waals surface area (Å²) < 4.78 is 57.3. The molecular formula is C19H17ClF4N6. The number of nitrogens with zero attached hydrogens (tertiary/aromatic N) is 5. The minimum absolute atomic E-state index is 0. The smallest absolute Gasteiger partial charge is 0.266 e. The molecule has 0 bridgehead atoms. The van der Waals surface area contributed by atoms with Crippen molar-refractivity contribution in [2.75, 3.05) is 18.0 Å². The van der Waals surface area contributed by atoms with Crippen LogP contribution < -0.4 is 10.6 Å². The van der Waals surface area contributed by atoms with Gasteiger partial charge in [-0.3, -0.25) is 4.98 Å². The predicted octanol–water partition coefficient (Wildman–Crippen LogP) is 3.22. The normalized spacial score (nSPS) is 18.1. The highest BCUT2D eigenvalue weighted by atomic mass is 35.5. The van der Waals surface area contributed by atoms with Gasteiger partial charge in [0.05, 0.1) is 29.4 Å². The van der Waals surface area contributed by atoms with E-state index in [2.05, 4.69) is 9.97 Å². The Morgan fingerprint density at radius 1 is 1.27 bits per heavy atom. The van der Waals surface area contributed by atoms with Crippen LogP contribution in [0.15, 0.2) is 30.5 Å². The topological polar surface area (TPSA) is 83.8 Å². The summed E-state index contributed by atoms with van der Waals surface area (Å²) in [5, 5.41) is 8.90. The molecule has 2 N–H and O–H groups in total. The number of hydrogen-bond acceptors (Lipinski definition) is 5. The number of rotatable bonds is 3. The number of anilines is 1. The molecule has 0 saturated carbocycles. The van der Waals surface area contributed by atoms with Gasteiger partial charge < -0.3 is 15.2 Å². The number of alkyl halides is 2. The van der Waals surface area contributed by atoms with Crippen molar-refractivity contribution in [3.05, 3.63) is 53.4 Å². The molecule has 1 fully saturated rings. The number of aromatic nitrogens is 3. The van der Waals surface area contributed by atoms with Gasteiger partial charge in [0.1, 0.15) is 17.4 Å². The number of pyridine rings is 1. The van der Waals surface area contributed by atoms with Crippen LogP contribution in [0.3, 0.4) is 0 Å². The molecule has 2 aromatic heterocycles. The Bertz CT molecular complexity index is 1110. The number of fused-ring (bicyclic) bond motifs is 1. The summed E-state index contributed by atoms with van der Waals surface area (Å²) in [5.41, 5.74) is 6.61. The van der Waals surface area contributed by atoms with Crippen molar-refractivity contribution in [3.8, 4) is 6.07 Å². The third kappa shape index (κ3) is 3.91. The fourth-order valence-electron chi connectivity index (χ4n) is 3.39. The Balaban J connectivity index is 0.00000256. The molecule has 3 heterocycles. The van der Waals surface area contributed by atoms with Gasteiger partial charge >= 0.3 is 0 Å². The molecule has 1 aliphatic rings. The fourth-order valence-corrected chi connectivity index (χ4v) is 3.39. The zero-order chi connectivity index (χ0) is 20.8. The third-order valence-corrected chi connectivity index (χ3v) is 4.98. The van der Waals surface area contributed by atoms with Crippen molar-refractivity contribution in [2.24, 2.45) is 5.73 Å². The third-order valence-electron chi connectivity index (χ3n) is 4.98. The van der Waals surface area contributed by atoms with E-state index < -0.39 is 30.0 Å². The van der Waals surface area contributed by atoms with Gasteiger partial charge in [-0.05, 0) is 12.1 Å². The number of imidazole rings is 1. The lowest BCUT2D eigenvalue weighted by atomic mass is 10.0. The van der Waals surface area contributed by atoms with Gasteiger partial charge in [-0.2, -0.15) is 5.26 Å². The van der Waals surface area contributed by atoms with Gasteiger partial charge in [0.25, 0.3) is 5.92 Å². The number of piperidine rings is 1. The maximum Gasteiger partial charge on any atom is 0.266 e. The van der Waals surface area contributed by atoms with Gasteiger partial charge in [-0.1, -0.05) is 0 Å². The summed E-state index contributed by atoms with van der Waals surface area (Å²) >= 11 is 0. The first-order chi connectivity index (χ1) is 13.8. The van der Waals surface area contributed by atoms with Crippen LogP contribution in [0, 0.1) is 23.0 Å². The van der Waals surface area contributed by atoms with Gasteiger partial charge in [0.15, 0.2) is 5.82 Å². The molecule has 0 amide bonds. The van der Waals surface area contributed by atoms with Crippen molar-refractivity contribution in [1.82, 2.24) is 14.5 Å². The summed E-state index contributed by atoms with van der Waals surface area (Å²) in [4.78, 5) is 9.98. The first-order valence-corrected chi connectivity index (χ1v) is 8.87. The largest absolute Gasteiger partial charge is 0.340 e. The van der Waals surface area contributed by atoms with E-state index in [0.29, 0.717) is 11.3 Å². The average molecular weight is 441 g/mol. The number of halogens is 5. The Morgan fingerprint density at radius 2 is 2.03 bits per heavy atom. The van der Waals surface area contributed by atoms with E-state index in [-0.39, 0.29) is 49.0 Å². The van der Waals surface area contributed by atoms with Crippen molar-refractivity contribution < 1.29 is 17.6 Å². The van der Waals surface area contributed by atoms with E-state index in [0.717, 1.165) is 12.1 Å². The molecule has 30 heavy (non-hydrogen) atoms. The predicted molar refractivity (Wildman–Crippen MR) is 105 cm³/mol. The van der Waals surface area contributed by atoms with Crippen LogP contribution in [0.5, 0.6) is 0 Å². The highest BCUT2D eigenvalue weighted by molar-refractivity contribution is 5.85. The Hall–Kier alpha value is -2.90. The van der Waals surface area contributed by atoms with E-state index in [4.69, 9.17) is 11.0 Å². The van der Waals surface area contributed by atoms with E-state index in [9.17, 15) is 17.6 Å². The first-order valence-electron chi connectivity index (χ1n) is 8.87. The second kappa shape index (κ2) is 8.08. The van der Waals surface area contributed by atoms with Gasteiger partial charge in [-0.15, -0.1) is 12.4 Å². The van der Waals surface area contributed by atoms with Crippen LogP contribution >= 0.6 is 12.4 Å². The summed E-state index contributed by atoms with van der Waals surface area (Å²) in [5.74, 6) is -4.42. The zero-order valence-electron chi connectivity index (χ0n) is 15.5. The van der Waals surface area contributed by atoms with E-state index in [1.54, 1.807) is 17.0 Å². The number of benzene rings is 1. The summed E-state index contributed by atoms with van der Waals surface area (Å²) in [6, 6.07) is 5.59. The van der Waals surface area contributed by atoms with Gasteiger partial charge in [0, 0.05) is 37.8 Å². The van der Waals surface area contributed by atoms with Crippen molar-refractivity contribution in [3.63, 3.8) is 0 Å². The second-order valence-corrected chi connectivity index (χ2v) is 6.97. The highest BCUT2D eigenvalue weighted by Crippen LogP contribution is 2.32. The maximum absolute atomic E-state index is 14.3. The molecule has 1 atom stereocenters. The fraction of sp³-hybridized carbons (Fsp3) is 0.316. The molecule has 11 heteroatoms. The van der Waals surface area contributed by atoms with Gasteiger partial charge in [0.2, 0.25) is 5.95 Å². The SMILES string of the molecule is Cl.N#Cc1ccc(Cn2c(N3CCC(F)(F)[C@H](N)C3)nc3c(F)cc(F)cc32)nc1. The molecule has 1 aliphatic heterocycles. The summed E-state index contributed by atoms with van der Waals surface area (Å²) in [7, 11) is 0. The van der Waals surface area contributed by atoms with Crippen molar-refractivity contribution >= 4 is 29.4 Å². The summed E-state index contributed by atoms with van der Waals surface area (Å²) in [6.45, 7) is -0.126. The second-order valence-electron chi connectivity index (χ2n) is 6.97. The Kier molecular flexibility index (Phi) is 5.87. The number of nitriles is 1. The standard InChI is InChI=1S/C19H16F4N6.ClH/c20-12-5-14(21)17-15(6-12)29(9-13-2-1-11(7-24)8-26-13)18(27-17)28-4-3-19(22,23)16(25)10-28;/h1-2,5-6,8,16H,3-4,9-10,25H2;1H/t16-;/m1./s1. The molecular weight excluding hydrogens is 424 g/mol. The minimum Gasteiger partial charge on any atom is -0.340 e. The maximum atomic E-state index is 14.3. The lowest BCUT2D eigenvalue weighted by Gasteiger charge is -2.37. The molecule has 6 nitrogen and oxygen atoms in total. The minimum atomic E-state index is -3.00. The molecule has 0 aliphatic carbocycles. The lowest BCUT2D eigenvalue weighted by Crippen LogP contribution is -2.55. The molecule has 4 rings (SSSR count). The van der Waals surface area contributed by atoms with Crippen molar-refractivity contribution in [2.45, 2.75) is 24.9 Å². The van der Waals surface area contributed by atoms with Crippen LogP contribution in [0.4, 0.5) is 23.5 Å². The van der Waals surface area contributed by atoms with Crippen molar-refractivity contribution in [1.29, 1.82) is 5.26 Å². The molecule has 0 unspecified atom stereocenters. The van der Waals surface area contributed by atoms with E-state index >= 15 is 0 Å². The quantitative estimate of drug-likeness (QED) is 0.632. The summed E-state index contributed by atoms with van der Waals surface area (Å²) in [6.07, 6.45) is 0.913. The lowest BCUT2D eigenvalue weighted by molar-refractivity contribution is -0.0395. The number of nitrogens with two attached hydrogens (primary N) is 1. The molecule has 158 valence electrons. The first kappa shape index (κ1) is 21.8. The Labute approximate surface area is 175 Å².